The zero-order valence-corrected chi connectivity index (χ0v) is 22.1. The first kappa shape index (κ1) is 25.8. The fraction of sp³-hybridized carbons (Fsp3) is 0.714. The molecule has 7 heteroatoms. The van der Waals surface area contributed by atoms with Crippen molar-refractivity contribution in [3.63, 3.8) is 0 Å². The van der Waals surface area contributed by atoms with Crippen molar-refractivity contribution in [1.29, 1.82) is 0 Å². The molecule has 2 amide bonds. The van der Waals surface area contributed by atoms with Gasteiger partial charge < -0.3 is 25.0 Å². The van der Waals surface area contributed by atoms with Gasteiger partial charge in [0.05, 0.1) is 18.4 Å². The van der Waals surface area contributed by atoms with Crippen molar-refractivity contribution >= 4 is 17.5 Å². The van der Waals surface area contributed by atoms with Crippen LogP contribution >= 0.6 is 0 Å². The fourth-order valence-corrected chi connectivity index (χ4v) is 7.26. The number of nitrogens with zero attached hydrogens (tertiary/aromatic N) is 2. The van der Waals surface area contributed by atoms with E-state index in [2.05, 4.69) is 30.1 Å². The van der Waals surface area contributed by atoms with Crippen molar-refractivity contribution in [2.24, 2.45) is 16.7 Å². The summed E-state index contributed by atoms with van der Waals surface area (Å²) < 4.78 is 5.52. The lowest BCUT2D eigenvalue weighted by molar-refractivity contribution is -0.133. The van der Waals surface area contributed by atoms with E-state index >= 15 is 0 Å². The maximum absolute atomic E-state index is 13.4. The Morgan fingerprint density at radius 3 is 2.43 bits per heavy atom. The monoisotopic (exact) mass is 485 g/mol. The van der Waals surface area contributed by atoms with Gasteiger partial charge in [-0.3, -0.25) is 9.59 Å². The van der Waals surface area contributed by atoms with Gasteiger partial charge in [-0.2, -0.15) is 0 Å². The van der Waals surface area contributed by atoms with Crippen LogP contribution < -0.4 is 15.0 Å². The van der Waals surface area contributed by atoms with Crippen molar-refractivity contribution in [1.82, 2.24) is 10.2 Å². The number of para-hydroxylation sites is 2. The Balaban J connectivity index is 1.43. The average molecular weight is 486 g/mol. The first-order valence-electron chi connectivity index (χ1n) is 13.1. The third-order valence-corrected chi connectivity index (χ3v) is 9.07. The van der Waals surface area contributed by atoms with Gasteiger partial charge >= 0.3 is 0 Å². The number of carbonyl (C=O) groups is 2. The van der Waals surface area contributed by atoms with Gasteiger partial charge in [-0.15, -0.1) is 0 Å². The molecule has 0 spiro atoms. The summed E-state index contributed by atoms with van der Waals surface area (Å²) in [5.41, 5.74) is 0.243. The highest BCUT2D eigenvalue weighted by atomic mass is 16.5. The van der Waals surface area contributed by atoms with E-state index in [1.54, 1.807) is 14.0 Å². The third kappa shape index (κ3) is 5.16. The Morgan fingerprint density at radius 2 is 1.77 bits per heavy atom. The number of methoxy groups -OCH3 is 1. The van der Waals surface area contributed by atoms with E-state index in [9.17, 15) is 14.7 Å². The summed E-state index contributed by atoms with van der Waals surface area (Å²) in [6.07, 6.45) is 4.41. The third-order valence-electron chi connectivity index (χ3n) is 9.07. The molecule has 0 bridgehead atoms. The van der Waals surface area contributed by atoms with Crippen molar-refractivity contribution in [2.45, 2.75) is 77.9 Å². The van der Waals surface area contributed by atoms with Crippen LogP contribution in [0.15, 0.2) is 24.3 Å². The zero-order chi connectivity index (χ0) is 25.4. The van der Waals surface area contributed by atoms with Crippen LogP contribution in [-0.4, -0.2) is 66.8 Å². The number of hydrogen-bond donors (Lipinski definition) is 2. The number of carbonyl (C=O) groups excluding carboxylic acids is 2. The first-order chi connectivity index (χ1) is 16.5. The molecule has 4 rings (SSSR count). The van der Waals surface area contributed by atoms with Crippen molar-refractivity contribution in [2.75, 3.05) is 38.2 Å². The molecule has 2 saturated carbocycles. The lowest BCUT2D eigenvalue weighted by atomic mass is 9.57. The molecule has 1 aromatic carbocycles. The Kier molecular flexibility index (Phi) is 7.11. The second-order valence-corrected chi connectivity index (χ2v) is 12.0. The second kappa shape index (κ2) is 9.64. The number of hydrogen-bond acceptors (Lipinski definition) is 5. The van der Waals surface area contributed by atoms with Gasteiger partial charge in [-0.1, -0.05) is 26.0 Å². The summed E-state index contributed by atoms with van der Waals surface area (Å²) >= 11 is 0. The Bertz CT molecular complexity index is 938. The molecular formula is C28H43N3O4. The Morgan fingerprint density at radius 1 is 1.09 bits per heavy atom. The summed E-state index contributed by atoms with van der Waals surface area (Å²) in [7, 11) is 1.69. The Labute approximate surface area is 210 Å². The topological polar surface area (TPSA) is 82.1 Å². The summed E-state index contributed by atoms with van der Waals surface area (Å²) in [4.78, 5) is 29.7. The SMILES string of the molecule is COc1ccccc1N1CCN(C(=O)CC[C@]23CC[C@](C)(O)C[C@H]2C(C)(C)C[C@@H]3NC(C)=O)CC1. The highest BCUT2D eigenvalue weighted by Crippen LogP contribution is 2.63. The van der Waals surface area contributed by atoms with E-state index in [4.69, 9.17) is 4.74 Å². The van der Waals surface area contributed by atoms with E-state index in [0.717, 1.165) is 50.2 Å². The van der Waals surface area contributed by atoms with Gasteiger partial charge in [0, 0.05) is 45.6 Å². The standard InChI is InChI=1S/C28H43N3O4/c1-20(32)29-24-19-26(2,3)23-18-27(4,34)12-13-28(23,24)11-10-25(33)31-16-14-30(15-17-31)21-8-6-7-9-22(21)35-5/h6-9,23-24,34H,10-19H2,1-5H3,(H,29,32)/t23-,24-,27-,28-/m0/s1. The molecule has 194 valence electrons. The van der Waals surface area contributed by atoms with Gasteiger partial charge in [0.2, 0.25) is 11.8 Å². The van der Waals surface area contributed by atoms with Crippen molar-refractivity contribution < 1.29 is 19.4 Å². The molecule has 1 saturated heterocycles. The van der Waals surface area contributed by atoms with Gasteiger partial charge in [0.25, 0.3) is 0 Å². The molecule has 2 aliphatic carbocycles. The lowest BCUT2D eigenvalue weighted by Gasteiger charge is -2.51. The van der Waals surface area contributed by atoms with Crippen molar-refractivity contribution in [3.8, 4) is 5.75 Å². The average Bonchev–Trinajstić information content (AvgIpc) is 3.02. The van der Waals surface area contributed by atoms with Gasteiger partial charge in [-0.25, -0.2) is 0 Å². The molecule has 0 unspecified atom stereocenters. The van der Waals surface area contributed by atoms with Crippen molar-refractivity contribution in [3.05, 3.63) is 24.3 Å². The summed E-state index contributed by atoms with van der Waals surface area (Å²) in [5.74, 6) is 1.31. The van der Waals surface area contributed by atoms with Crippen LogP contribution in [0.1, 0.15) is 66.2 Å². The molecule has 1 aliphatic heterocycles. The van der Waals surface area contributed by atoms with Gasteiger partial charge in [0.1, 0.15) is 5.75 Å². The number of aliphatic hydroxyl groups is 1. The number of piperazine rings is 1. The number of benzene rings is 1. The predicted octanol–water partition coefficient (Wildman–Crippen LogP) is 3.60. The quantitative estimate of drug-likeness (QED) is 0.644. The summed E-state index contributed by atoms with van der Waals surface area (Å²) in [5, 5.41) is 14.1. The molecule has 2 N–H and O–H groups in total. The lowest BCUT2D eigenvalue weighted by Crippen LogP contribution is -2.53. The smallest absolute Gasteiger partial charge is 0.222 e. The molecule has 7 nitrogen and oxygen atoms in total. The van der Waals surface area contributed by atoms with Crippen LogP contribution in [0.5, 0.6) is 5.75 Å². The highest BCUT2D eigenvalue weighted by molar-refractivity contribution is 5.77. The number of nitrogens with one attached hydrogen (secondary N) is 1. The largest absolute Gasteiger partial charge is 0.495 e. The molecule has 1 aromatic rings. The number of fused-ring (bicyclic) bond motifs is 1. The highest BCUT2D eigenvalue weighted by Gasteiger charge is 2.61. The van der Waals surface area contributed by atoms with Crippen LogP contribution in [0.4, 0.5) is 5.69 Å². The normalized spacial score (nSPS) is 32.2. The second-order valence-electron chi connectivity index (χ2n) is 12.0. The van der Waals surface area contributed by atoms with Crippen LogP contribution in [0.25, 0.3) is 0 Å². The van der Waals surface area contributed by atoms with Gasteiger partial charge in [0.15, 0.2) is 0 Å². The number of ether oxygens (including phenoxy) is 1. The van der Waals surface area contributed by atoms with Crippen LogP contribution in [0, 0.1) is 16.7 Å². The van der Waals surface area contributed by atoms with Crippen LogP contribution in [0.3, 0.4) is 0 Å². The van der Waals surface area contributed by atoms with Crippen LogP contribution in [-0.2, 0) is 9.59 Å². The number of rotatable bonds is 6. The molecule has 35 heavy (non-hydrogen) atoms. The molecule has 3 aliphatic rings. The maximum atomic E-state index is 13.4. The Hall–Kier alpha value is -2.28. The molecule has 4 atom stereocenters. The van der Waals surface area contributed by atoms with E-state index in [-0.39, 0.29) is 34.6 Å². The minimum absolute atomic E-state index is 0.000932. The predicted molar refractivity (Wildman–Crippen MR) is 137 cm³/mol. The molecule has 1 heterocycles. The molecule has 0 radical (unpaired) electrons. The molecule has 3 fully saturated rings. The first-order valence-corrected chi connectivity index (χ1v) is 13.1. The van der Waals surface area contributed by atoms with Crippen LogP contribution in [0.2, 0.25) is 0 Å². The van der Waals surface area contributed by atoms with E-state index in [1.165, 1.54) is 0 Å². The minimum atomic E-state index is -0.685. The molecule has 0 aromatic heterocycles. The minimum Gasteiger partial charge on any atom is -0.495 e. The van der Waals surface area contributed by atoms with E-state index < -0.39 is 5.60 Å². The van der Waals surface area contributed by atoms with E-state index in [1.807, 2.05) is 30.0 Å². The zero-order valence-electron chi connectivity index (χ0n) is 22.1. The number of anilines is 1. The summed E-state index contributed by atoms with van der Waals surface area (Å²) in [6.45, 7) is 11.0. The van der Waals surface area contributed by atoms with Gasteiger partial charge in [-0.05, 0) is 67.9 Å². The fourth-order valence-electron chi connectivity index (χ4n) is 7.26. The molecular weight excluding hydrogens is 442 g/mol. The van der Waals surface area contributed by atoms with E-state index in [0.29, 0.717) is 25.9 Å². The summed E-state index contributed by atoms with van der Waals surface area (Å²) in [6, 6.07) is 8.07. The maximum Gasteiger partial charge on any atom is 0.222 e. The number of amides is 2.